The SMILES string of the molecule is CC(NC(=O)CNC(=O)CNC(=O)CNC(=O)C(N)CS)C(=O)NC(Cc1c[nH]cn1)C(=O)NC(CC(=O)NCC(=O)NCC(=O)NC(CCCNC(=N)N)C(=O)O)C(=O)O. The maximum Gasteiger partial charge on any atom is 0.326 e. The molecule has 1 aromatic heterocycles. The Morgan fingerprint density at radius 1 is 0.689 bits per heavy atom. The molecule has 61 heavy (non-hydrogen) atoms. The first-order valence-corrected chi connectivity index (χ1v) is 18.8. The third-order valence-corrected chi connectivity index (χ3v) is 8.13. The number of carbonyl (C=O) groups is 11. The number of hydrogen-bond donors (Lipinski definition) is 17. The minimum absolute atomic E-state index is 0.0190. The van der Waals surface area contributed by atoms with Gasteiger partial charge < -0.3 is 79.8 Å². The largest absolute Gasteiger partial charge is 0.480 e. The first-order chi connectivity index (χ1) is 28.7. The molecule has 0 bridgehead atoms. The molecular formula is C32H51N15O13S. The second-order valence-electron chi connectivity index (χ2n) is 12.8. The van der Waals surface area contributed by atoms with Crippen molar-refractivity contribution >= 4 is 83.7 Å². The second-order valence-corrected chi connectivity index (χ2v) is 13.1. The lowest BCUT2D eigenvalue weighted by Gasteiger charge is -2.23. The van der Waals surface area contributed by atoms with Gasteiger partial charge in [-0.25, -0.2) is 14.6 Å². The molecule has 28 nitrogen and oxygen atoms in total. The Labute approximate surface area is 352 Å². The fourth-order valence-electron chi connectivity index (χ4n) is 4.52. The van der Waals surface area contributed by atoms with E-state index in [4.69, 9.17) is 16.9 Å². The average Bonchev–Trinajstić information content (AvgIpc) is 3.72. The third-order valence-electron chi connectivity index (χ3n) is 7.74. The van der Waals surface area contributed by atoms with Gasteiger partial charge in [-0.3, -0.25) is 48.6 Å². The van der Waals surface area contributed by atoms with Gasteiger partial charge in [-0.15, -0.1) is 0 Å². The molecule has 1 rings (SSSR count). The monoisotopic (exact) mass is 885 g/mol. The fraction of sp³-hybridized carbons (Fsp3) is 0.531. The van der Waals surface area contributed by atoms with E-state index in [1.54, 1.807) is 0 Å². The van der Waals surface area contributed by atoms with Gasteiger partial charge in [0.1, 0.15) is 24.2 Å². The molecule has 0 aliphatic carbocycles. The molecule has 5 unspecified atom stereocenters. The molecule has 0 aromatic carbocycles. The van der Waals surface area contributed by atoms with Crippen molar-refractivity contribution < 1.29 is 63.0 Å². The van der Waals surface area contributed by atoms with E-state index >= 15 is 0 Å². The number of aromatic amines is 1. The Hall–Kier alpha value is -7.04. The highest BCUT2D eigenvalue weighted by atomic mass is 32.1. The van der Waals surface area contributed by atoms with Crippen molar-refractivity contribution in [1.82, 2.24) is 63.1 Å². The summed E-state index contributed by atoms with van der Waals surface area (Å²) >= 11 is 3.87. The zero-order chi connectivity index (χ0) is 46.1. The van der Waals surface area contributed by atoms with Gasteiger partial charge in [-0.2, -0.15) is 12.6 Å². The van der Waals surface area contributed by atoms with Crippen LogP contribution in [-0.2, 0) is 59.2 Å². The van der Waals surface area contributed by atoms with E-state index in [2.05, 4.69) is 75.8 Å². The van der Waals surface area contributed by atoms with Crippen molar-refractivity contribution in [2.75, 3.05) is 45.0 Å². The third kappa shape index (κ3) is 22.6. The highest BCUT2D eigenvalue weighted by Gasteiger charge is 2.30. The zero-order valence-electron chi connectivity index (χ0n) is 32.8. The Morgan fingerprint density at radius 3 is 1.70 bits per heavy atom. The van der Waals surface area contributed by atoms with Gasteiger partial charge in [0.05, 0.1) is 57.2 Å². The normalized spacial score (nSPS) is 12.9. The van der Waals surface area contributed by atoms with Crippen LogP contribution in [0.5, 0.6) is 0 Å². The summed E-state index contributed by atoms with van der Waals surface area (Å²) in [4.78, 5) is 141. The van der Waals surface area contributed by atoms with E-state index in [0.717, 1.165) is 0 Å². The first kappa shape index (κ1) is 52.0. The molecule has 338 valence electrons. The van der Waals surface area contributed by atoms with Crippen LogP contribution in [0.4, 0.5) is 0 Å². The number of aromatic nitrogens is 2. The number of thiol groups is 1. The number of guanidine groups is 1. The summed E-state index contributed by atoms with van der Waals surface area (Å²) < 4.78 is 0. The molecule has 0 radical (unpaired) electrons. The number of carboxylic acid groups (broad SMARTS) is 2. The summed E-state index contributed by atoms with van der Waals surface area (Å²) in [6.45, 7) is -1.64. The van der Waals surface area contributed by atoms with Crippen LogP contribution in [-0.4, -0.2) is 166 Å². The molecule has 0 aliphatic rings. The van der Waals surface area contributed by atoms with Crippen LogP contribution in [0.25, 0.3) is 0 Å². The Kier molecular flexibility index (Phi) is 23.5. The minimum Gasteiger partial charge on any atom is -0.480 e. The number of H-pyrrole nitrogens is 1. The van der Waals surface area contributed by atoms with Crippen molar-refractivity contribution in [2.45, 2.75) is 62.8 Å². The lowest BCUT2D eigenvalue weighted by Crippen LogP contribution is -2.57. The van der Waals surface area contributed by atoms with E-state index in [9.17, 15) is 63.0 Å². The van der Waals surface area contributed by atoms with Crippen LogP contribution in [0.2, 0.25) is 0 Å². The Morgan fingerprint density at radius 2 is 1.20 bits per heavy atom. The van der Waals surface area contributed by atoms with Crippen LogP contribution in [0.3, 0.4) is 0 Å². The van der Waals surface area contributed by atoms with Gasteiger partial charge in [0, 0.05) is 24.9 Å². The summed E-state index contributed by atoms with van der Waals surface area (Å²) in [5, 5.41) is 48.5. The van der Waals surface area contributed by atoms with Gasteiger partial charge in [-0.05, 0) is 19.8 Å². The molecule has 29 heteroatoms. The Balaban J connectivity index is 2.67. The summed E-state index contributed by atoms with van der Waals surface area (Å²) in [5.41, 5.74) is 10.9. The van der Waals surface area contributed by atoms with Gasteiger partial charge in [-0.1, -0.05) is 0 Å². The number of rotatable bonds is 28. The number of aliphatic carboxylic acids is 2. The summed E-state index contributed by atoms with van der Waals surface area (Å²) in [5.74, 6) is -11.1. The predicted octanol–water partition coefficient (Wildman–Crippen LogP) is -8.43. The van der Waals surface area contributed by atoms with Crippen LogP contribution in [0, 0.1) is 5.41 Å². The predicted molar refractivity (Wildman–Crippen MR) is 212 cm³/mol. The van der Waals surface area contributed by atoms with Crippen molar-refractivity contribution in [3.8, 4) is 0 Å². The van der Waals surface area contributed by atoms with Gasteiger partial charge >= 0.3 is 11.9 Å². The molecule has 0 saturated carbocycles. The lowest BCUT2D eigenvalue weighted by molar-refractivity contribution is -0.144. The number of carbonyl (C=O) groups excluding carboxylic acids is 9. The number of hydrogen-bond acceptors (Lipinski definition) is 15. The lowest BCUT2D eigenvalue weighted by atomic mass is 10.1. The Bertz CT molecular complexity index is 1750. The average molecular weight is 886 g/mol. The number of nitrogens with zero attached hydrogens (tertiary/aromatic N) is 1. The quantitative estimate of drug-likeness (QED) is 0.0161. The van der Waals surface area contributed by atoms with Gasteiger partial charge in [0.15, 0.2) is 5.96 Å². The maximum atomic E-state index is 13.3. The molecule has 0 aliphatic heterocycles. The number of nitrogens with two attached hydrogens (primary N) is 2. The second kappa shape index (κ2) is 27.6. The molecule has 1 heterocycles. The fourth-order valence-corrected chi connectivity index (χ4v) is 4.69. The molecule has 9 amide bonds. The van der Waals surface area contributed by atoms with E-state index in [-0.39, 0.29) is 43.2 Å². The highest BCUT2D eigenvalue weighted by molar-refractivity contribution is 7.80. The molecule has 0 fully saturated rings. The molecular weight excluding hydrogens is 835 g/mol. The molecule has 0 spiro atoms. The summed E-state index contributed by atoms with van der Waals surface area (Å²) in [7, 11) is 0. The van der Waals surface area contributed by atoms with E-state index in [1.807, 2.05) is 0 Å². The standard InChI is InChI=1S/C32H51N15O13S/c1-15(44-25(52)11-40-23(50)9-39-24(51)10-42-28(55)17(33)13-61)27(54)46-19(5-16-7-36-14-43-16)29(56)47-20(31(59)60)6-21(48)38-8-22(49)41-12-26(53)45-18(30(57)58)3-2-4-37-32(34)35/h7,14-15,17-20,61H,2-6,8-13,33H2,1H3,(H,36,43)(H,38,48)(H,39,51)(H,40,50)(H,41,49)(H,42,55)(H,44,52)(H,45,53)(H,46,54)(H,47,56)(H,57,58)(H,59,60)(H4,34,35,37). The van der Waals surface area contributed by atoms with Crippen LogP contribution < -0.4 is 64.6 Å². The molecule has 1 aromatic rings. The summed E-state index contributed by atoms with van der Waals surface area (Å²) in [6, 6.07) is -6.94. The van der Waals surface area contributed by atoms with Crippen LogP contribution >= 0.6 is 12.6 Å². The molecule has 18 N–H and O–H groups in total. The van der Waals surface area contributed by atoms with Crippen LogP contribution in [0.1, 0.15) is 31.9 Å². The number of imidazole rings is 1. The zero-order valence-corrected chi connectivity index (χ0v) is 33.6. The van der Waals surface area contributed by atoms with Crippen molar-refractivity contribution in [2.24, 2.45) is 11.5 Å². The van der Waals surface area contributed by atoms with Gasteiger partial charge in [0.2, 0.25) is 53.2 Å². The van der Waals surface area contributed by atoms with Crippen LogP contribution in [0.15, 0.2) is 12.5 Å². The van der Waals surface area contributed by atoms with E-state index < -0.39 is 134 Å². The highest BCUT2D eigenvalue weighted by Crippen LogP contribution is 2.03. The first-order valence-electron chi connectivity index (χ1n) is 18.1. The number of carboxylic acids is 2. The smallest absolute Gasteiger partial charge is 0.326 e. The summed E-state index contributed by atoms with van der Waals surface area (Å²) in [6.07, 6.45) is 1.70. The minimum atomic E-state index is -1.88. The van der Waals surface area contributed by atoms with Gasteiger partial charge in [0.25, 0.3) is 0 Å². The van der Waals surface area contributed by atoms with Crippen molar-refractivity contribution in [1.29, 1.82) is 5.41 Å². The topological polar surface area (TPSA) is 453 Å². The number of amides is 9. The number of nitrogens with one attached hydrogen (secondary N) is 12. The van der Waals surface area contributed by atoms with E-state index in [0.29, 0.717) is 0 Å². The molecule has 5 atom stereocenters. The molecule has 0 saturated heterocycles. The van der Waals surface area contributed by atoms with Crippen molar-refractivity contribution in [3.05, 3.63) is 18.2 Å². The van der Waals surface area contributed by atoms with E-state index in [1.165, 1.54) is 19.4 Å². The maximum absolute atomic E-state index is 13.3. The van der Waals surface area contributed by atoms with Crippen molar-refractivity contribution in [3.63, 3.8) is 0 Å².